The molecule has 3 N–H and O–H groups in total. The molecule has 0 heterocycles. The van der Waals surface area contributed by atoms with Gasteiger partial charge in [-0.3, -0.25) is 0 Å². The maximum Gasteiger partial charge on any atom is 0.110 e. The van der Waals surface area contributed by atoms with E-state index in [9.17, 15) is 0 Å². The Balaban J connectivity index is 2.89. The average Bonchev–Trinajstić information content (AvgIpc) is 2.15. The van der Waals surface area contributed by atoms with E-state index in [1.807, 2.05) is 0 Å². The van der Waals surface area contributed by atoms with E-state index >= 15 is 0 Å². The van der Waals surface area contributed by atoms with Crippen LogP contribution in [0.2, 0.25) is 0 Å². The highest BCUT2D eigenvalue weighted by Crippen LogP contribution is 2.23. The van der Waals surface area contributed by atoms with Gasteiger partial charge >= 0.3 is 0 Å². The van der Waals surface area contributed by atoms with Crippen LogP contribution in [-0.4, -0.2) is 0 Å². The van der Waals surface area contributed by atoms with Gasteiger partial charge in [-0.15, -0.1) is 0 Å². The molecule has 1 rings (SSSR count). The van der Waals surface area contributed by atoms with Gasteiger partial charge in [0.05, 0.1) is 0 Å². The smallest absolute Gasteiger partial charge is 0.110 e. The monoisotopic (exact) mass is 192 g/mol. The lowest BCUT2D eigenvalue weighted by molar-refractivity contribution is -0.427. The second-order valence-corrected chi connectivity index (χ2v) is 4.98. The molecule has 0 aromatic heterocycles. The van der Waals surface area contributed by atoms with Crippen molar-refractivity contribution in [3.63, 3.8) is 0 Å². The normalized spacial score (nSPS) is 14.1. The van der Waals surface area contributed by atoms with E-state index in [-0.39, 0.29) is 5.41 Å². The zero-order valence-corrected chi connectivity index (χ0v) is 9.80. The van der Waals surface area contributed by atoms with Crippen molar-refractivity contribution >= 4 is 0 Å². The molecule has 0 fully saturated rings. The summed E-state index contributed by atoms with van der Waals surface area (Å²) >= 11 is 0. The lowest BCUT2D eigenvalue weighted by Crippen LogP contribution is -2.53. The quantitative estimate of drug-likeness (QED) is 0.746. The molecule has 0 aliphatic rings. The molecule has 1 atom stereocenters. The molecule has 1 nitrogen and oxygen atoms in total. The van der Waals surface area contributed by atoms with E-state index in [4.69, 9.17) is 0 Å². The number of hydrogen-bond donors (Lipinski definition) is 1. The van der Waals surface area contributed by atoms with Gasteiger partial charge < -0.3 is 5.73 Å². The summed E-state index contributed by atoms with van der Waals surface area (Å²) < 4.78 is 0. The minimum Gasteiger partial charge on any atom is -0.351 e. The summed E-state index contributed by atoms with van der Waals surface area (Å²) in [5.41, 5.74) is 7.11. The first kappa shape index (κ1) is 11.3. The first-order valence-corrected chi connectivity index (χ1v) is 5.38. The Morgan fingerprint density at radius 3 is 2.00 bits per heavy atom. The van der Waals surface area contributed by atoms with Gasteiger partial charge in [-0.25, -0.2) is 0 Å². The van der Waals surface area contributed by atoms with Gasteiger partial charge in [0.2, 0.25) is 0 Å². The zero-order valence-electron chi connectivity index (χ0n) is 9.80. The van der Waals surface area contributed by atoms with Crippen molar-refractivity contribution in [2.45, 2.75) is 45.6 Å². The average molecular weight is 192 g/mol. The highest BCUT2D eigenvalue weighted by Gasteiger charge is 2.14. The topological polar surface area (TPSA) is 27.6 Å². The van der Waals surface area contributed by atoms with Crippen LogP contribution < -0.4 is 5.73 Å². The van der Waals surface area contributed by atoms with Crippen molar-refractivity contribution in [3.05, 3.63) is 35.4 Å². The fraction of sp³-hybridized carbons (Fsp3) is 0.538. The molecular weight excluding hydrogens is 170 g/mol. The molecule has 0 saturated heterocycles. The van der Waals surface area contributed by atoms with Crippen molar-refractivity contribution < 1.29 is 5.73 Å². The lowest BCUT2D eigenvalue weighted by Gasteiger charge is -2.19. The predicted octanol–water partition coefficient (Wildman–Crippen LogP) is 2.68. The highest BCUT2D eigenvalue weighted by atomic mass is 14.6. The van der Waals surface area contributed by atoms with Crippen LogP contribution in [0.5, 0.6) is 0 Å². The molecule has 1 heteroatoms. The third-order valence-electron chi connectivity index (χ3n) is 2.74. The first-order valence-electron chi connectivity index (χ1n) is 5.38. The Bertz CT molecular complexity index is 279. The highest BCUT2D eigenvalue weighted by molar-refractivity contribution is 5.28. The van der Waals surface area contributed by atoms with Crippen molar-refractivity contribution in [1.29, 1.82) is 0 Å². The number of benzene rings is 1. The largest absolute Gasteiger partial charge is 0.351 e. The van der Waals surface area contributed by atoms with Gasteiger partial charge in [-0.1, -0.05) is 52.0 Å². The summed E-state index contributed by atoms with van der Waals surface area (Å²) in [6.45, 7) is 8.89. The Labute approximate surface area is 87.3 Å². The predicted molar refractivity (Wildman–Crippen MR) is 61.1 cm³/mol. The third-order valence-corrected chi connectivity index (χ3v) is 2.74. The Morgan fingerprint density at radius 1 is 1.14 bits per heavy atom. The molecule has 0 aliphatic heterocycles. The molecule has 78 valence electrons. The maximum atomic E-state index is 4.12. The van der Waals surface area contributed by atoms with E-state index in [0.717, 1.165) is 6.42 Å². The van der Waals surface area contributed by atoms with Crippen LogP contribution in [0.1, 0.15) is 51.3 Å². The molecule has 0 spiro atoms. The fourth-order valence-electron chi connectivity index (χ4n) is 1.49. The van der Waals surface area contributed by atoms with Crippen LogP contribution in [0.25, 0.3) is 0 Å². The Morgan fingerprint density at radius 2 is 1.64 bits per heavy atom. The minimum atomic E-state index is 0.251. The minimum absolute atomic E-state index is 0.251. The summed E-state index contributed by atoms with van der Waals surface area (Å²) in [6.07, 6.45) is 1.11. The van der Waals surface area contributed by atoms with E-state index in [1.54, 1.807) is 0 Å². The van der Waals surface area contributed by atoms with Crippen LogP contribution in [0.4, 0.5) is 0 Å². The summed E-state index contributed by atoms with van der Waals surface area (Å²) in [4.78, 5) is 0. The summed E-state index contributed by atoms with van der Waals surface area (Å²) in [7, 11) is 0. The van der Waals surface area contributed by atoms with E-state index in [1.165, 1.54) is 11.1 Å². The lowest BCUT2D eigenvalue weighted by atomic mass is 9.86. The molecule has 1 aromatic rings. The van der Waals surface area contributed by atoms with Crippen LogP contribution in [0, 0.1) is 0 Å². The van der Waals surface area contributed by atoms with Crippen LogP contribution >= 0.6 is 0 Å². The molecule has 0 amide bonds. The molecule has 14 heavy (non-hydrogen) atoms. The van der Waals surface area contributed by atoms with Gasteiger partial charge in [-0.2, -0.15) is 0 Å². The molecule has 0 bridgehead atoms. The molecule has 1 aromatic carbocycles. The van der Waals surface area contributed by atoms with E-state index in [0.29, 0.717) is 6.04 Å². The Kier molecular flexibility index (Phi) is 3.33. The second-order valence-electron chi connectivity index (χ2n) is 4.98. The van der Waals surface area contributed by atoms with E-state index < -0.39 is 0 Å². The molecular formula is C13H22N+. The second kappa shape index (κ2) is 4.14. The van der Waals surface area contributed by atoms with Crippen molar-refractivity contribution in [1.82, 2.24) is 0 Å². The maximum absolute atomic E-state index is 4.12. The summed E-state index contributed by atoms with van der Waals surface area (Å²) in [5.74, 6) is 0. The van der Waals surface area contributed by atoms with Crippen molar-refractivity contribution in [2.75, 3.05) is 0 Å². The molecule has 0 aliphatic carbocycles. The molecule has 0 saturated carbocycles. The molecule has 0 unspecified atom stereocenters. The van der Waals surface area contributed by atoms with Gasteiger partial charge in [-0.05, 0) is 11.0 Å². The first-order chi connectivity index (χ1) is 6.45. The third kappa shape index (κ3) is 2.58. The van der Waals surface area contributed by atoms with Crippen LogP contribution in [-0.2, 0) is 5.41 Å². The standard InChI is InChI=1S/C13H21N/c1-5-12(14)10-6-8-11(9-7-10)13(2,3)4/h6-9,12H,5,14H2,1-4H3/p+1/t12-/m1/s1. The van der Waals surface area contributed by atoms with E-state index in [2.05, 4.69) is 57.7 Å². The van der Waals surface area contributed by atoms with Crippen LogP contribution in [0.3, 0.4) is 0 Å². The SMILES string of the molecule is CC[C@@H]([NH3+])c1ccc(C(C)(C)C)cc1. The number of rotatable bonds is 2. The summed E-state index contributed by atoms with van der Waals surface area (Å²) in [5, 5.41) is 0. The fourth-order valence-corrected chi connectivity index (χ4v) is 1.49. The number of quaternary nitrogens is 1. The number of hydrogen-bond acceptors (Lipinski definition) is 0. The van der Waals surface area contributed by atoms with Gasteiger partial charge in [0, 0.05) is 12.0 Å². The molecule has 0 radical (unpaired) electrons. The van der Waals surface area contributed by atoms with Crippen molar-refractivity contribution in [2.24, 2.45) is 0 Å². The zero-order chi connectivity index (χ0) is 10.8. The van der Waals surface area contributed by atoms with Gasteiger partial charge in [0.25, 0.3) is 0 Å². The van der Waals surface area contributed by atoms with Crippen molar-refractivity contribution in [3.8, 4) is 0 Å². The summed E-state index contributed by atoms with van der Waals surface area (Å²) in [6, 6.07) is 9.31. The van der Waals surface area contributed by atoms with Gasteiger partial charge in [0.15, 0.2) is 0 Å². The van der Waals surface area contributed by atoms with Gasteiger partial charge in [0.1, 0.15) is 6.04 Å². The van der Waals surface area contributed by atoms with Crippen LogP contribution in [0.15, 0.2) is 24.3 Å². The Hall–Kier alpha value is -0.820.